The Hall–Kier alpha value is -2.19. The molecule has 0 bridgehead atoms. The lowest BCUT2D eigenvalue weighted by Gasteiger charge is -2.17. The summed E-state index contributed by atoms with van der Waals surface area (Å²) in [5, 5.41) is 12.1. The summed E-state index contributed by atoms with van der Waals surface area (Å²) in [6.45, 7) is 0. The van der Waals surface area contributed by atoms with Crippen molar-refractivity contribution in [2.75, 3.05) is 11.1 Å². The van der Waals surface area contributed by atoms with Gasteiger partial charge >= 0.3 is 0 Å². The van der Waals surface area contributed by atoms with E-state index in [-0.39, 0.29) is 23.5 Å². The average molecular weight is 475 g/mol. The highest BCUT2D eigenvalue weighted by Crippen LogP contribution is 2.37. The predicted molar refractivity (Wildman–Crippen MR) is 116 cm³/mol. The molecule has 8 heteroatoms. The zero-order valence-electron chi connectivity index (χ0n) is 15.6. The molecule has 1 N–H and O–H groups in total. The van der Waals surface area contributed by atoms with Gasteiger partial charge in [-0.25, -0.2) is 4.39 Å². The van der Waals surface area contributed by atoms with E-state index in [0.29, 0.717) is 16.5 Å². The number of thioether (sulfide) groups is 1. The summed E-state index contributed by atoms with van der Waals surface area (Å²) < 4.78 is 17.4. The Morgan fingerprint density at radius 3 is 2.59 bits per heavy atom. The molecule has 1 amide bonds. The summed E-state index contributed by atoms with van der Waals surface area (Å²) in [5.41, 5.74) is 1.18. The largest absolute Gasteiger partial charge is 0.325 e. The lowest BCUT2D eigenvalue weighted by atomic mass is 10.1. The molecular formula is C21H20BrFN4OS. The number of nitrogens with zero attached hydrogens (tertiary/aromatic N) is 3. The van der Waals surface area contributed by atoms with Gasteiger partial charge in [0.05, 0.1) is 11.3 Å². The van der Waals surface area contributed by atoms with Crippen LogP contribution in [-0.2, 0) is 4.79 Å². The number of rotatable bonds is 6. The molecule has 1 aromatic heterocycles. The number of carbonyl (C=O) groups excluding carboxylic acids is 1. The zero-order chi connectivity index (χ0) is 20.2. The van der Waals surface area contributed by atoms with Crippen molar-refractivity contribution in [3.8, 4) is 11.4 Å². The molecule has 1 saturated carbocycles. The number of hydrogen-bond acceptors (Lipinski definition) is 4. The summed E-state index contributed by atoms with van der Waals surface area (Å²) >= 11 is 4.71. The molecular weight excluding hydrogens is 455 g/mol. The van der Waals surface area contributed by atoms with Gasteiger partial charge < -0.3 is 5.32 Å². The molecule has 1 fully saturated rings. The van der Waals surface area contributed by atoms with Crippen LogP contribution in [0.25, 0.3) is 11.4 Å². The highest BCUT2D eigenvalue weighted by atomic mass is 79.9. The fraction of sp³-hybridized carbons (Fsp3) is 0.286. The molecule has 150 valence electrons. The first-order valence-electron chi connectivity index (χ1n) is 9.50. The summed E-state index contributed by atoms with van der Waals surface area (Å²) in [4.78, 5) is 12.4. The maximum atomic E-state index is 14.4. The number of hydrogen-bond donors (Lipinski definition) is 1. The average Bonchev–Trinajstić information content (AvgIpc) is 3.38. The number of benzene rings is 2. The molecule has 0 radical (unpaired) electrons. The van der Waals surface area contributed by atoms with E-state index < -0.39 is 0 Å². The van der Waals surface area contributed by atoms with E-state index in [1.54, 1.807) is 18.2 Å². The van der Waals surface area contributed by atoms with Crippen molar-refractivity contribution in [2.45, 2.75) is 36.9 Å². The van der Waals surface area contributed by atoms with Crippen molar-refractivity contribution < 1.29 is 9.18 Å². The van der Waals surface area contributed by atoms with E-state index in [1.807, 2.05) is 28.8 Å². The van der Waals surface area contributed by atoms with Gasteiger partial charge in [0.2, 0.25) is 5.91 Å². The first kappa shape index (κ1) is 20.1. The van der Waals surface area contributed by atoms with Crippen molar-refractivity contribution in [3.05, 3.63) is 58.8 Å². The van der Waals surface area contributed by atoms with Crippen LogP contribution in [0.15, 0.2) is 58.2 Å². The summed E-state index contributed by atoms with van der Waals surface area (Å²) in [6, 6.07) is 14.3. The minimum Gasteiger partial charge on any atom is -0.325 e. The van der Waals surface area contributed by atoms with Crippen molar-refractivity contribution in [1.29, 1.82) is 0 Å². The molecule has 0 atom stereocenters. The molecule has 0 unspecified atom stereocenters. The second-order valence-electron chi connectivity index (χ2n) is 6.94. The highest BCUT2D eigenvalue weighted by molar-refractivity contribution is 9.10. The summed E-state index contributed by atoms with van der Waals surface area (Å²) in [7, 11) is 0. The molecule has 0 aliphatic heterocycles. The van der Waals surface area contributed by atoms with Gasteiger partial charge in [0.15, 0.2) is 11.0 Å². The Morgan fingerprint density at radius 1 is 1.14 bits per heavy atom. The van der Waals surface area contributed by atoms with Crippen LogP contribution >= 0.6 is 27.7 Å². The topological polar surface area (TPSA) is 59.8 Å². The van der Waals surface area contributed by atoms with Gasteiger partial charge in [-0.05, 0) is 49.2 Å². The number of amides is 1. The van der Waals surface area contributed by atoms with Gasteiger partial charge in [-0.1, -0.05) is 52.7 Å². The second kappa shape index (κ2) is 9.09. The minimum atomic E-state index is -0.316. The van der Waals surface area contributed by atoms with E-state index in [0.717, 1.165) is 35.8 Å². The van der Waals surface area contributed by atoms with E-state index in [4.69, 9.17) is 0 Å². The Kier molecular flexibility index (Phi) is 6.30. The minimum absolute atomic E-state index is 0.120. The second-order valence-corrected chi connectivity index (χ2v) is 8.80. The molecule has 4 rings (SSSR count). The third-order valence-corrected chi connectivity index (χ3v) is 6.40. The van der Waals surface area contributed by atoms with E-state index in [9.17, 15) is 9.18 Å². The smallest absolute Gasteiger partial charge is 0.234 e. The highest BCUT2D eigenvalue weighted by Gasteiger charge is 2.26. The quantitative estimate of drug-likeness (QED) is 0.466. The van der Waals surface area contributed by atoms with Crippen LogP contribution in [0, 0.1) is 5.82 Å². The van der Waals surface area contributed by atoms with E-state index in [1.165, 1.54) is 17.8 Å². The summed E-state index contributed by atoms with van der Waals surface area (Å²) in [5.74, 6) is 0.304. The van der Waals surface area contributed by atoms with E-state index >= 15 is 0 Å². The maximum Gasteiger partial charge on any atom is 0.234 e. The Balaban J connectivity index is 1.53. The Bertz CT molecular complexity index is 1000. The number of anilines is 1. The fourth-order valence-corrected chi connectivity index (χ4v) is 4.62. The van der Waals surface area contributed by atoms with Crippen LogP contribution in [0.2, 0.25) is 0 Å². The predicted octanol–water partition coefficient (Wildman–Crippen LogP) is 5.69. The van der Waals surface area contributed by atoms with Crippen molar-refractivity contribution >= 4 is 39.3 Å². The van der Waals surface area contributed by atoms with Crippen LogP contribution in [0.4, 0.5) is 10.1 Å². The van der Waals surface area contributed by atoms with Crippen LogP contribution < -0.4 is 5.32 Å². The standard InChI is InChI=1S/C21H20BrFN4OS/c22-14-9-11-15(12-10-14)24-19(28)13-29-21-26-25-20(17-7-3-4-8-18(17)23)27(21)16-5-1-2-6-16/h3-4,7-12,16H,1-2,5-6,13H2,(H,24,28). The van der Waals surface area contributed by atoms with Crippen LogP contribution in [0.3, 0.4) is 0 Å². The van der Waals surface area contributed by atoms with Crippen LogP contribution in [0.1, 0.15) is 31.7 Å². The fourth-order valence-electron chi connectivity index (χ4n) is 3.55. The number of aromatic nitrogens is 3. The molecule has 0 saturated heterocycles. The summed E-state index contributed by atoms with van der Waals surface area (Å²) in [6.07, 6.45) is 4.29. The van der Waals surface area contributed by atoms with Gasteiger partial charge in [-0.15, -0.1) is 10.2 Å². The Labute approximate surface area is 181 Å². The molecule has 0 spiro atoms. The van der Waals surface area contributed by atoms with Crippen molar-refractivity contribution in [2.24, 2.45) is 0 Å². The van der Waals surface area contributed by atoms with Crippen molar-refractivity contribution in [3.63, 3.8) is 0 Å². The maximum absolute atomic E-state index is 14.4. The number of halogens is 2. The monoisotopic (exact) mass is 474 g/mol. The van der Waals surface area contributed by atoms with Gasteiger partial charge in [0, 0.05) is 16.2 Å². The normalized spacial score (nSPS) is 14.3. The molecule has 29 heavy (non-hydrogen) atoms. The molecule has 1 aliphatic carbocycles. The van der Waals surface area contributed by atoms with Gasteiger partial charge in [0.1, 0.15) is 5.82 Å². The van der Waals surface area contributed by atoms with Crippen LogP contribution in [-0.4, -0.2) is 26.4 Å². The number of nitrogens with one attached hydrogen (secondary N) is 1. The van der Waals surface area contributed by atoms with Gasteiger partial charge in [0.25, 0.3) is 0 Å². The van der Waals surface area contributed by atoms with Crippen molar-refractivity contribution in [1.82, 2.24) is 14.8 Å². The van der Waals surface area contributed by atoms with Crippen LogP contribution in [0.5, 0.6) is 0 Å². The molecule has 1 aliphatic rings. The lowest BCUT2D eigenvalue weighted by molar-refractivity contribution is -0.113. The van der Waals surface area contributed by atoms with Gasteiger partial charge in [-0.3, -0.25) is 9.36 Å². The SMILES string of the molecule is O=C(CSc1nnc(-c2ccccc2F)n1C1CCCC1)Nc1ccc(Br)cc1. The first-order chi connectivity index (χ1) is 14.1. The molecule has 3 aromatic rings. The van der Waals surface area contributed by atoms with E-state index in [2.05, 4.69) is 31.4 Å². The number of carbonyl (C=O) groups is 1. The first-order valence-corrected chi connectivity index (χ1v) is 11.3. The third-order valence-electron chi connectivity index (χ3n) is 4.93. The Morgan fingerprint density at radius 2 is 1.86 bits per heavy atom. The van der Waals surface area contributed by atoms with Gasteiger partial charge in [-0.2, -0.15) is 0 Å². The molecule has 2 aromatic carbocycles. The third kappa shape index (κ3) is 4.70. The zero-order valence-corrected chi connectivity index (χ0v) is 18.0. The lowest BCUT2D eigenvalue weighted by Crippen LogP contribution is -2.15. The molecule has 5 nitrogen and oxygen atoms in total. The molecule has 1 heterocycles.